The smallest absolute Gasteiger partial charge is 0.308 e. The normalized spacial score (nSPS) is 23.9. The predicted molar refractivity (Wildman–Crippen MR) is 68.8 cm³/mol. The molecule has 20 heavy (non-hydrogen) atoms. The molecule has 0 aliphatic carbocycles. The van der Waals surface area contributed by atoms with Gasteiger partial charge in [0.2, 0.25) is 6.79 Å². The number of likely N-dealkylation sites (tertiary alicyclic amines) is 1. The molecular weight excluding hydrogens is 262 g/mol. The van der Waals surface area contributed by atoms with Crippen LogP contribution in [0.5, 0.6) is 11.5 Å². The minimum Gasteiger partial charge on any atom is -0.481 e. The first-order valence-electron chi connectivity index (χ1n) is 6.48. The number of carboxylic acid groups (broad SMARTS) is 1. The third-order valence-corrected chi connectivity index (χ3v) is 3.84. The maximum absolute atomic E-state index is 12.4. The van der Waals surface area contributed by atoms with E-state index in [9.17, 15) is 9.59 Å². The number of ether oxygens (including phenoxy) is 2. The zero-order valence-electron chi connectivity index (χ0n) is 11.0. The Morgan fingerprint density at radius 1 is 1.25 bits per heavy atom. The number of aliphatic carboxylic acids is 1. The van der Waals surface area contributed by atoms with Crippen LogP contribution in [-0.2, 0) is 4.79 Å². The Kier molecular flexibility index (Phi) is 3.00. The number of benzene rings is 1. The van der Waals surface area contributed by atoms with Gasteiger partial charge in [0.05, 0.1) is 5.92 Å². The first-order chi connectivity index (χ1) is 9.56. The van der Waals surface area contributed by atoms with E-state index in [1.165, 1.54) is 0 Å². The highest BCUT2D eigenvalue weighted by molar-refractivity contribution is 5.95. The first-order valence-corrected chi connectivity index (χ1v) is 6.48. The number of amides is 1. The summed E-state index contributed by atoms with van der Waals surface area (Å²) >= 11 is 0. The van der Waals surface area contributed by atoms with E-state index >= 15 is 0 Å². The molecule has 1 saturated heterocycles. The van der Waals surface area contributed by atoms with E-state index in [0.717, 1.165) is 0 Å². The van der Waals surface area contributed by atoms with Gasteiger partial charge in [0.25, 0.3) is 5.91 Å². The van der Waals surface area contributed by atoms with Gasteiger partial charge in [-0.25, -0.2) is 0 Å². The molecule has 6 heteroatoms. The summed E-state index contributed by atoms with van der Waals surface area (Å²) in [5, 5.41) is 9.11. The summed E-state index contributed by atoms with van der Waals surface area (Å²) in [5.41, 5.74) is 0.493. The minimum absolute atomic E-state index is 0.0366. The second kappa shape index (κ2) is 4.70. The molecule has 1 N–H and O–H groups in total. The van der Waals surface area contributed by atoms with Crippen molar-refractivity contribution in [3.8, 4) is 11.5 Å². The van der Waals surface area contributed by atoms with E-state index in [0.29, 0.717) is 23.6 Å². The predicted octanol–water partition coefficient (Wildman–Crippen LogP) is 1.21. The van der Waals surface area contributed by atoms with Crippen molar-refractivity contribution in [1.82, 2.24) is 4.90 Å². The van der Waals surface area contributed by atoms with Gasteiger partial charge in [-0.1, -0.05) is 6.92 Å². The highest BCUT2D eigenvalue weighted by Crippen LogP contribution is 2.33. The Bertz CT molecular complexity index is 571. The summed E-state index contributed by atoms with van der Waals surface area (Å²) < 4.78 is 10.4. The maximum atomic E-state index is 12.4. The number of nitrogens with zero attached hydrogens (tertiary/aromatic N) is 1. The third kappa shape index (κ3) is 2.07. The molecule has 2 atom stereocenters. The quantitative estimate of drug-likeness (QED) is 0.879. The Morgan fingerprint density at radius 2 is 2.00 bits per heavy atom. The fourth-order valence-electron chi connectivity index (χ4n) is 2.67. The second-order valence-corrected chi connectivity index (χ2v) is 5.20. The molecule has 106 valence electrons. The van der Waals surface area contributed by atoms with Crippen molar-refractivity contribution in [3.63, 3.8) is 0 Å². The zero-order valence-corrected chi connectivity index (χ0v) is 11.0. The van der Waals surface area contributed by atoms with Crippen molar-refractivity contribution in [1.29, 1.82) is 0 Å². The summed E-state index contributed by atoms with van der Waals surface area (Å²) in [4.78, 5) is 25.1. The Balaban J connectivity index is 1.78. The first kappa shape index (κ1) is 12.8. The van der Waals surface area contributed by atoms with Crippen molar-refractivity contribution in [2.45, 2.75) is 6.92 Å². The number of rotatable bonds is 2. The molecule has 2 heterocycles. The third-order valence-electron chi connectivity index (χ3n) is 3.84. The molecule has 0 spiro atoms. The van der Waals surface area contributed by atoms with Gasteiger partial charge in [-0.15, -0.1) is 0 Å². The number of hydrogen-bond acceptors (Lipinski definition) is 4. The average molecular weight is 277 g/mol. The number of carbonyl (C=O) groups is 2. The van der Waals surface area contributed by atoms with Crippen molar-refractivity contribution < 1.29 is 24.2 Å². The highest BCUT2D eigenvalue weighted by atomic mass is 16.7. The molecule has 0 bridgehead atoms. The number of hydrogen-bond donors (Lipinski definition) is 1. The highest BCUT2D eigenvalue weighted by Gasteiger charge is 2.37. The minimum atomic E-state index is -0.849. The van der Waals surface area contributed by atoms with E-state index in [1.807, 2.05) is 6.92 Å². The van der Waals surface area contributed by atoms with Crippen molar-refractivity contribution in [2.75, 3.05) is 19.9 Å². The van der Waals surface area contributed by atoms with Gasteiger partial charge in [-0.05, 0) is 24.1 Å². The van der Waals surface area contributed by atoms with E-state index in [2.05, 4.69) is 0 Å². The molecule has 0 saturated carbocycles. The van der Waals surface area contributed by atoms with E-state index in [-0.39, 0.29) is 25.2 Å². The number of fused-ring (bicyclic) bond motifs is 1. The molecule has 0 aromatic heterocycles. The van der Waals surface area contributed by atoms with Crippen LogP contribution in [0.25, 0.3) is 0 Å². The second-order valence-electron chi connectivity index (χ2n) is 5.20. The molecule has 6 nitrogen and oxygen atoms in total. The Labute approximate surface area is 115 Å². The monoisotopic (exact) mass is 277 g/mol. The Hall–Kier alpha value is -2.24. The molecule has 0 radical (unpaired) electrons. The maximum Gasteiger partial charge on any atom is 0.308 e. The lowest BCUT2D eigenvalue weighted by Crippen LogP contribution is -2.29. The summed E-state index contributed by atoms with van der Waals surface area (Å²) in [7, 11) is 0. The molecule has 2 aliphatic heterocycles. The molecule has 2 aliphatic rings. The van der Waals surface area contributed by atoms with Gasteiger partial charge in [0.1, 0.15) is 0 Å². The molecule has 3 rings (SSSR count). The van der Waals surface area contributed by atoms with Crippen LogP contribution in [0.3, 0.4) is 0 Å². The van der Waals surface area contributed by atoms with Gasteiger partial charge in [0, 0.05) is 18.7 Å². The van der Waals surface area contributed by atoms with Crippen LogP contribution in [0.2, 0.25) is 0 Å². The summed E-state index contributed by atoms with van der Waals surface area (Å²) in [6.07, 6.45) is 0. The van der Waals surface area contributed by atoms with Crippen molar-refractivity contribution in [2.24, 2.45) is 11.8 Å². The summed E-state index contributed by atoms with van der Waals surface area (Å²) in [6.45, 7) is 2.73. The lowest BCUT2D eigenvalue weighted by atomic mass is 9.99. The average Bonchev–Trinajstić information content (AvgIpc) is 3.02. The summed E-state index contributed by atoms with van der Waals surface area (Å²) in [6, 6.07) is 5.02. The molecular formula is C14H15NO5. The number of carboxylic acids is 1. The van der Waals surface area contributed by atoms with E-state index in [1.54, 1.807) is 23.1 Å². The van der Waals surface area contributed by atoms with Gasteiger partial charge in [-0.2, -0.15) is 0 Å². The van der Waals surface area contributed by atoms with E-state index < -0.39 is 11.9 Å². The van der Waals surface area contributed by atoms with Crippen LogP contribution < -0.4 is 9.47 Å². The van der Waals surface area contributed by atoms with Crippen LogP contribution >= 0.6 is 0 Å². The SMILES string of the molecule is C[C@@H]1CN(C(=O)c2ccc3c(c2)OCO3)C[C@H]1C(=O)O. The van der Waals surface area contributed by atoms with E-state index in [4.69, 9.17) is 14.6 Å². The van der Waals surface area contributed by atoms with Crippen LogP contribution in [0.4, 0.5) is 0 Å². The lowest BCUT2D eigenvalue weighted by molar-refractivity contribution is -0.142. The molecule has 1 fully saturated rings. The van der Waals surface area contributed by atoms with Crippen molar-refractivity contribution >= 4 is 11.9 Å². The molecule has 0 unspecified atom stereocenters. The number of carbonyl (C=O) groups excluding carboxylic acids is 1. The Morgan fingerprint density at radius 3 is 2.70 bits per heavy atom. The molecule has 1 aromatic carbocycles. The lowest BCUT2D eigenvalue weighted by Gasteiger charge is -2.16. The molecule has 1 aromatic rings. The van der Waals surface area contributed by atoms with Gasteiger partial charge >= 0.3 is 5.97 Å². The fraction of sp³-hybridized carbons (Fsp3) is 0.429. The molecule has 1 amide bonds. The van der Waals surface area contributed by atoms with Crippen LogP contribution in [0.1, 0.15) is 17.3 Å². The van der Waals surface area contributed by atoms with Crippen LogP contribution in [0.15, 0.2) is 18.2 Å². The van der Waals surface area contributed by atoms with Crippen LogP contribution in [-0.4, -0.2) is 41.8 Å². The van der Waals surface area contributed by atoms with Gasteiger partial charge < -0.3 is 19.5 Å². The van der Waals surface area contributed by atoms with Crippen LogP contribution in [0, 0.1) is 11.8 Å². The topological polar surface area (TPSA) is 76.1 Å². The fourth-order valence-corrected chi connectivity index (χ4v) is 2.67. The largest absolute Gasteiger partial charge is 0.481 e. The van der Waals surface area contributed by atoms with Crippen molar-refractivity contribution in [3.05, 3.63) is 23.8 Å². The van der Waals surface area contributed by atoms with Gasteiger partial charge in [-0.3, -0.25) is 9.59 Å². The zero-order chi connectivity index (χ0) is 14.3. The standard InChI is InChI=1S/C14H15NO5/c1-8-5-15(6-10(8)14(17)18)13(16)9-2-3-11-12(4-9)20-7-19-11/h2-4,8,10H,5-7H2,1H3,(H,17,18)/t8-,10-/m1/s1. The van der Waals surface area contributed by atoms with Gasteiger partial charge in [0.15, 0.2) is 11.5 Å². The summed E-state index contributed by atoms with van der Waals surface area (Å²) in [5.74, 6) is -0.367.